The van der Waals surface area contributed by atoms with Crippen molar-refractivity contribution in [3.63, 3.8) is 0 Å². The van der Waals surface area contributed by atoms with Crippen LogP contribution in [0.15, 0.2) is 71.6 Å². The van der Waals surface area contributed by atoms with Crippen molar-refractivity contribution < 1.29 is 41.0 Å². The van der Waals surface area contributed by atoms with Gasteiger partial charge in [-0.15, -0.1) is 0 Å². The van der Waals surface area contributed by atoms with Gasteiger partial charge in [-0.25, -0.2) is 8.42 Å². The third-order valence-electron chi connectivity index (χ3n) is 8.65. The Kier molecular flexibility index (Phi) is 13.6. The minimum absolute atomic E-state index is 0.00290. The van der Waals surface area contributed by atoms with Crippen LogP contribution in [0.2, 0.25) is 5.02 Å². The molecule has 0 aromatic heterocycles. The number of carbonyl (C=O) groups excluding carboxylic acids is 1. The van der Waals surface area contributed by atoms with E-state index in [0.29, 0.717) is 42.5 Å². The van der Waals surface area contributed by atoms with E-state index in [4.69, 9.17) is 21.1 Å². The number of alkyl halides is 3. The Balaban J connectivity index is 1.61. The molecule has 0 unspecified atom stereocenters. The Labute approximate surface area is 297 Å². The van der Waals surface area contributed by atoms with Crippen LogP contribution in [0.3, 0.4) is 0 Å². The summed E-state index contributed by atoms with van der Waals surface area (Å²) in [4.78, 5) is 17.9. The zero-order chi connectivity index (χ0) is 36.6. The largest absolute Gasteiger partial charge is 0.490 e. The smallest absolute Gasteiger partial charge is 0.416 e. The third-order valence-corrected chi connectivity index (χ3v) is 10.3. The molecular formula is C36H45ClF3N3O6S. The molecule has 0 fully saturated rings. The van der Waals surface area contributed by atoms with E-state index in [0.717, 1.165) is 25.0 Å². The summed E-state index contributed by atoms with van der Waals surface area (Å²) in [7, 11) is -2.15. The molecule has 4 atom stereocenters. The molecule has 3 aromatic carbocycles. The molecule has 1 heterocycles. The van der Waals surface area contributed by atoms with E-state index in [1.165, 1.54) is 53.4 Å². The molecule has 9 nitrogen and oxygen atoms in total. The van der Waals surface area contributed by atoms with Gasteiger partial charge in [0.25, 0.3) is 15.9 Å². The first-order chi connectivity index (χ1) is 23.6. The number of fused-ring (bicyclic) bond motifs is 1. The van der Waals surface area contributed by atoms with Crippen molar-refractivity contribution in [1.29, 1.82) is 0 Å². The molecule has 0 aliphatic carbocycles. The molecular weight excluding hydrogens is 695 g/mol. The Morgan fingerprint density at radius 3 is 2.38 bits per heavy atom. The minimum Gasteiger partial charge on any atom is -0.490 e. The molecule has 14 heteroatoms. The van der Waals surface area contributed by atoms with Crippen molar-refractivity contribution in [2.75, 3.05) is 38.1 Å². The molecule has 0 bridgehead atoms. The van der Waals surface area contributed by atoms with Crippen LogP contribution in [0.5, 0.6) is 5.75 Å². The molecule has 1 amide bonds. The highest BCUT2D eigenvalue weighted by atomic mass is 35.5. The second-order valence-corrected chi connectivity index (χ2v) is 15.1. The van der Waals surface area contributed by atoms with E-state index < -0.39 is 33.7 Å². The number of ether oxygens (including phenoxy) is 2. The highest BCUT2D eigenvalue weighted by Gasteiger charge is 2.32. The van der Waals surface area contributed by atoms with Gasteiger partial charge in [0.1, 0.15) is 5.75 Å². The summed E-state index contributed by atoms with van der Waals surface area (Å²) >= 11 is 5.94. The fourth-order valence-corrected chi connectivity index (χ4v) is 6.93. The number of amides is 1. The molecule has 1 aliphatic rings. The molecule has 4 rings (SSSR count). The molecule has 0 saturated carbocycles. The van der Waals surface area contributed by atoms with Crippen molar-refractivity contribution in [2.24, 2.45) is 5.92 Å². The van der Waals surface area contributed by atoms with E-state index in [9.17, 15) is 31.5 Å². The number of nitrogens with zero attached hydrogens (tertiary/aromatic N) is 2. The maximum atomic E-state index is 14.4. The molecule has 0 saturated heterocycles. The summed E-state index contributed by atoms with van der Waals surface area (Å²) in [6.45, 7) is 6.71. The van der Waals surface area contributed by atoms with Gasteiger partial charge < -0.3 is 19.5 Å². The number of benzene rings is 3. The average molecular weight is 740 g/mol. The van der Waals surface area contributed by atoms with Crippen LogP contribution in [-0.4, -0.2) is 80.8 Å². The quantitative estimate of drug-likeness (QED) is 0.241. The fourth-order valence-electron chi connectivity index (χ4n) is 5.76. The standard InChI is InChI=1S/C36H45ClF3N3O6S/c1-24-20-43(25(2)23-44)35(45)32-19-30(41-50(46,47)31-15-12-29(37)13-16-31)14-17-33(32)49-26(3)7-5-6-18-48-34(24)22-42(4)21-27-8-10-28(11-9-27)36(38,39)40/h8-17,19,24-26,34,41,44H,5-7,18,20-23H2,1-4H3/t24-,25+,26-,34+/m1/s1. The molecule has 3 aromatic rings. The van der Waals surface area contributed by atoms with E-state index in [1.54, 1.807) is 13.0 Å². The number of nitrogens with one attached hydrogen (secondary N) is 1. The fraction of sp³-hybridized carbons (Fsp3) is 0.472. The summed E-state index contributed by atoms with van der Waals surface area (Å²) in [5.41, 5.74) is 0.296. The lowest BCUT2D eigenvalue weighted by atomic mass is 10.0. The zero-order valence-electron chi connectivity index (χ0n) is 28.6. The number of anilines is 1. The second kappa shape index (κ2) is 17.2. The summed E-state index contributed by atoms with van der Waals surface area (Å²) in [5, 5.41) is 10.6. The number of aliphatic hydroxyl groups excluding tert-OH is 1. The van der Waals surface area contributed by atoms with Crippen molar-refractivity contribution in [2.45, 2.75) is 75.9 Å². The molecule has 50 heavy (non-hydrogen) atoms. The van der Waals surface area contributed by atoms with Crippen LogP contribution in [0.25, 0.3) is 0 Å². The number of rotatable bonds is 9. The number of sulfonamides is 1. The van der Waals surface area contributed by atoms with Gasteiger partial charge in [-0.2, -0.15) is 13.2 Å². The van der Waals surface area contributed by atoms with E-state index in [2.05, 4.69) is 4.72 Å². The van der Waals surface area contributed by atoms with Crippen LogP contribution < -0.4 is 9.46 Å². The molecule has 0 radical (unpaired) electrons. The van der Waals surface area contributed by atoms with Crippen LogP contribution in [0.4, 0.5) is 18.9 Å². The first kappa shape index (κ1) is 39.4. The zero-order valence-corrected chi connectivity index (χ0v) is 30.2. The number of halogens is 4. The first-order valence-electron chi connectivity index (χ1n) is 16.5. The third kappa shape index (κ3) is 10.8. The SMILES string of the molecule is C[C@@H]1CCCCO[C@@H](CN(C)Cc2ccc(C(F)(F)F)cc2)[C@H](C)CN([C@@H](C)CO)C(=O)c2cc(NS(=O)(=O)c3ccc(Cl)cc3)ccc2O1. The van der Waals surface area contributed by atoms with Gasteiger partial charge in [0.2, 0.25) is 0 Å². The Hall–Kier alpha value is -3.36. The van der Waals surface area contributed by atoms with Crippen molar-refractivity contribution >= 4 is 33.2 Å². The number of likely N-dealkylation sites (N-methyl/N-ethyl adjacent to an activating group) is 1. The topological polar surface area (TPSA) is 108 Å². The highest BCUT2D eigenvalue weighted by molar-refractivity contribution is 7.92. The number of hydrogen-bond acceptors (Lipinski definition) is 7. The second-order valence-electron chi connectivity index (χ2n) is 13.0. The van der Waals surface area contributed by atoms with Gasteiger partial charge in [0, 0.05) is 42.9 Å². The van der Waals surface area contributed by atoms with Gasteiger partial charge in [-0.05, 0) is 100 Å². The van der Waals surface area contributed by atoms with E-state index in [-0.39, 0.29) is 47.4 Å². The Morgan fingerprint density at radius 1 is 1.06 bits per heavy atom. The van der Waals surface area contributed by atoms with Gasteiger partial charge in [-0.3, -0.25) is 14.4 Å². The van der Waals surface area contributed by atoms with Gasteiger partial charge in [-0.1, -0.05) is 30.7 Å². The van der Waals surface area contributed by atoms with E-state index >= 15 is 0 Å². The van der Waals surface area contributed by atoms with Crippen LogP contribution in [0, 0.1) is 5.92 Å². The van der Waals surface area contributed by atoms with Crippen LogP contribution >= 0.6 is 11.6 Å². The lowest BCUT2D eigenvalue weighted by Crippen LogP contribution is -2.47. The molecule has 2 N–H and O–H groups in total. The summed E-state index contributed by atoms with van der Waals surface area (Å²) in [6.07, 6.45) is -2.82. The first-order valence-corrected chi connectivity index (χ1v) is 18.4. The predicted molar refractivity (Wildman–Crippen MR) is 187 cm³/mol. The number of hydrogen-bond donors (Lipinski definition) is 2. The van der Waals surface area contributed by atoms with Crippen LogP contribution in [0.1, 0.15) is 61.5 Å². The number of aliphatic hydroxyl groups is 1. The van der Waals surface area contributed by atoms with Crippen molar-refractivity contribution in [3.05, 3.63) is 88.4 Å². The lowest BCUT2D eigenvalue weighted by molar-refractivity contribution is -0.137. The minimum atomic E-state index is -4.41. The van der Waals surface area contributed by atoms with E-state index in [1.807, 2.05) is 25.8 Å². The highest BCUT2D eigenvalue weighted by Crippen LogP contribution is 2.31. The summed E-state index contributed by atoms with van der Waals surface area (Å²) in [6, 6.07) is 14.7. The van der Waals surface area contributed by atoms with Gasteiger partial charge >= 0.3 is 6.18 Å². The normalized spacial score (nSPS) is 20.5. The van der Waals surface area contributed by atoms with Crippen molar-refractivity contribution in [3.8, 4) is 5.75 Å². The van der Waals surface area contributed by atoms with Gasteiger partial charge in [0.05, 0.1) is 40.9 Å². The number of carbonyl (C=O) groups is 1. The predicted octanol–water partition coefficient (Wildman–Crippen LogP) is 7.09. The monoisotopic (exact) mass is 739 g/mol. The Bertz CT molecular complexity index is 1680. The summed E-state index contributed by atoms with van der Waals surface area (Å²) in [5.74, 6) is -0.399. The summed E-state index contributed by atoms with van der Waals surface area (Å²) < 4.78 is 80.7. The average Bonchev–Trinajstić information content (AvgIpc) is 3.06. The molecule has 0 spiro atoms. The lowest BCUT2D eigenvalue weighted by Gasteiger charge is -2.36. The van der Waals surface area contributed by atoms with Crippen molar-refractivity contribution in [1.82, 2.24) is 9.80 Å². The van der Waals surface area contributed by atoms with Gasteiger partial charge in [0.15, 0.2) is 0 Å². The maximum absolute atomic E-state index is 14.4. The maximum Gasteiger partial charge on any atom is 0.416 e. The van der Waals surface area contributed by atoms with Crippen LogP contribution in [-0.2, 0) is 27.5 Å². The Morgan fingerprint density at radius 2 is 1.74 bits per heavy atom. The molecule has 274 valence electrons. The molecule has 1 aliphatic heterocycles.